The van der Waals surface area contributed by atoms with Crippen molar-refractivity contribution < 1.29 is 27.4 Å². The quantitative estimate of drug-likeness (QED) is 0.327. The zero-order chi connectivity index (χ0) is 28.4. The molecule has 1 atom stereocenters. The molecule has 3 heterocycles. The van der Waals surface area contributed by atoms with Crippen molar-refractivity contribution in [2.45, 2.75) is 25.6 Å². The van der Waals surface area contributed by atoms with E-state index >= 15 is 0 Å². The Bertz CT molecular complexity index is 1560. The molecule has 1 fully saturated rings. The molecule has 2 aromatic carbocycles. The molecule has 1 unspecified atom stereocenters. The number of fused-ring (bicyclic) bond motifs is 1. The summed E-state index contributed by atoms with van der Waals surface area (Å²) in [6, 6.07) is 8.46. The van der Waals surface area contributed by atoms with Crippen LogP contribution in [0.5, 0.6) is 5.75 Å². The predicted octanol–water partition coefficient (Wildman–Crippen LogP) is 4.98. The largest absolute Gasteiger partial charge is 0.496 e. The molecule has 208 valence electrons. The number of nitrogens with one attached hydrogen (secondary N) is 2. The number of halogens is 3. The Labute approximate surface area is 227 Å². The van der Waals surface area contributed by atoms with Crippen LogP contribution in [0.15, 0.2) is 48.9 Å². The Hall–Kier alpha value is -4.52. The van der Waals surface area contributed by atoms with Gasteiger partial charge in [0.05, 0.1) is 31.5 Å². The molecule has 0 aliphatic carbocycles. The molecule has 0 saturated carbocycles. The molecule has 0 spiro atoms. The van der Waals surface area contributed by atoms with E-state index < -0.39 is 17.6 Å². The first-order valence-electron chi connectivity index (χ1n) is 12.4. The summed E-state index contributed by atoms with van der Waals surface area (Å²) in [5.41, 5.74) is 1.78. The van der Waals surface area contributed by atoms with E-state index in [1.165, 1.54) is 12.4 Å². The summed E-state index contributed by atoms with van der Waals surface area (Å²) in [7, 11) is 2.94. The summed E-state index contributed by atoms with van der Waals surface area (Å²) in [5, 5.41) is 5.81. The van der Waals surface area contributed by atoms with Crippen molar-refractivity contribution in [2.75, 3.05) is 42.9 Å². The minimum absolute atomic E-state index is 0.0141. The van der Waals surface area contributed by atoms with Crippen LogP contribution in [0, 0.1) is 6.92 Å². The number of rotatable bonds is 7. The molecule has 1 aliphatic rings. The number of alkyl halides is 3. The van der Waals surface area contributed by atoms with Crippen LogP contribution < -0.4 is 20.3 Å². The number of aryl methyl sites for hydroxylation is 1. The van der Waals surface area contributed by atoms with Gasteiger partial charge in [0, 0.05) is 30.6 Å². The lowest BCUT2D eigenvalue weighted by Gasteiger charge is -2.22. The van der Waals surface area contributed by atoms with Crippen molar-refractivity contribution in [1.29, 1.82) is 0 Å². The minimum atomic E-state index is -4.64. The third kappa shape index (κ3) is 5.59. The number of hydrogen-bond donors (Lipinski definition) is 2. The molecule has 10 nitrogen and oxygen atoms in total. The summed E-state index contributed by atoms with van der Waals surface area (Å²) >= 11 is 0. The van der Waals surface area contributed by atoms with E-state index in [9.17, 15) is 18.0 Å². The number of amides is 1. The van der Waals surface area contributed by atoms with Gasteiger partial charge in [-0.2, -0.15) is 13.2 Å². The van der Waals surface area contributed by atoms with Crippen LogP contribution in [0.4, 0.5) is 36.3 Å². The van der Waals surface area contributed by atoms with Gasteiger partial charge < -0.3 is 25.0 Å². The molecule has 0 radical (unpaired) electrons. The van der Waals surface area contributed by atoms with Crippen LogP contribution >= 0.6 is 0 Å². The van der Waals surface area contributed by atoms with Crippen molar-refractivity contribution in [1.82, 2.24) is 19.9 Å². The number of methoxy groups -OCH3 is 1. The maximum absolute atomic E-state index is 13.4. The highest BCUT2D eigenvalue weighted by Crippen LogP contribution is 2.38. The summed E-state index contributed by atoms with van der Waals surface area (Å²) in [6.45, 7) is 3.12. The van der Waals surface area contributed by atoms with Gasteiger partial charge in [0.15, 0.2) is 5.82 Å². The van der Waals surface area contributed by atoms with Gasteiger partial charge in [0.25, 0.3) is 5.91 Å². The topological polar surface area (TPSA) is 114 Å². The first kappa shape index (κ1) is 27.1. The Balaban J connectivity index is 1.43. The fraction of sp³-hybridized carbons (Fsp3) is 0.296. The van der Waals surface area contributed by atoms with E-state index in [-0.39, 0.29) is 23.0 Å². The number of carbonyl (C=O) groups is 1. The summed E-state index contributed by atoms with van der Waals surface area (Å²) in [6.07, 6.45) is -0.777. The fourth-order valence-electron chi connectivity index (χ4n) is 4.42. The van der Waals surface area contributed by atoms with Crippen LogP contribution in [-0.4, -0.2) is 59.3 Å². The molecule has 4 aromatic rings. The van der Waals surface area contributed by atoms with Gasteiger partial charge >= 0.3 is 6.18 Å². The second-order valence-corrected chi connectivity index (χ2v) is 9.26. The lowest BCUT2D eigenvalue weighted by Crippen LogP contribution is -2.21. The second kappa shape index (κ2) is 10.9. The van der Waals surface area contributed by atoms with Gasteiger partial charge in [-0.3, -0.25) is 4.79 Å². The molecule has 5 rings (SSSR count). The maximum Gasteiger partial charge on any atom is 0.420 e. The number of anilines is 4. The molecule has 1 amide bonds. The smallest absolute Gasteiger partial charge is 0.420 e. The normalized spacial score (nSPS) is 15.2. The van der Waals surface area contributed by atoms with Crippen molar-refractivity contribution in [2.24, 2.45) is 0 Å². The second-order valence-electron chi connectivity index (χ2n) is 9.26. The van der Waals surface area contributed by atoms with E-state index in [2.05, 4.69) is 30.6 Å². The van der Waals surface area contributed by atoms with Crippen molar-refractivity contribution >= 4 is 40.1 Å². The first-order valence-corrected chi connectivity index (χ1v) is 12.4. The number of carbonyl (C=O) groups excluding carboxylic acids is 1. The summed E-state index contributed by atoms with van der Waals surface area (Å²) < 4.78 is 50.5. The molecule has 1 aliphatic heterocycles. The van der Waals surface area contributed by atoms with Crippen molar-refractivity contribution in [3.05, 3.63) is 65.6 Å². The fourth-order valence-corrected chi connectivity index (χ4v) is 4.42. The van der Waals surface area contributed by atoms with E-state index in [4.69, 9.17) is 9.47 Å². The number of nitrogens with zero attached hydrogens (tertiary/aromatic N) is 5. The molecule has 13 heteroatoms. The van der Waals surface area contributed by atoms with Crippen molar-refractivity contribution in [3.63, 3.8) is 0 Å². The maximum atomic E-state index is 13.4. The lowest BCUT2D eigenvalue weighted by molar-refractivity contribution is -0.138. The average molecular weight is 554 g/mol. The molecule has 2 aromatic heterocycles. The van der Waals surface area contributed by atoms with Crippen LogP contribution in [0.2, 0.25) is 0 Å². The molecule has 2 N–H and O–H groups in total. The zero-order valence-corrected chi connectivity index (χ0v) is 21.9. The van der Waals surface area contributed by atoms with E-state index in [1.54, 1.807) is 36.3 Å². The number of aromatic nitrogens is 4. The Kier molecular flexibility index (Phi) is 7.39. The Morgan fingerprint density at radius 2 is 1.98 bits per heavy atom. The molecule has 0 bridgehead atoms. The molecule has 1 saturated heterocycles. The van der Waals surface area contributed by atoms with Gasteiger partial charge in [0.1, 0.15) is 23.1 Å². The predicted molar refractivity (Wildman–Crippen MR) is 143 cm³/mol. The van der Waals surface area contributed by atoms with Gasteiger partial charge in [-0.05, 0) is 49.2 Å². The monoisotopic (exact) mass is 553 g/mol. The number of benzene rings is 2. The number of hydrogen-bond acceptors (Lipinski definition) is 9. The van der Waals surface area contributed by atoms with Gasteiger partial charge in [-0.15, -0.1) is 0 Å². The van der Waals surface area contributed by atoms with Gasteiger partial charge in [-0.25, -0.2) is 19.9 Å². The van der Waals surface area contributed by atoms with Crippen molar-refractivity contribution in [3.8, 4) is 5.75 Å². The first-order chi connectivity index (χ1) is 19.1. The number of ether oxygens (including phenoxy) is 2. The third-order valence-electron chi connectivity index (χ3n) is 6.53. The molecular weight excluding hydrogens is 527 g/mol. The minimum Gasteiger partial charge on any atom is -0.496 e. The third-order valence-corrected chi connectivity index (χ3v) is 6.53. The van der Waals surface area contributed by atoms with Gasteiger partial charge in [-0.1, -0.05) is 6.07 Å². The van der Waals surface area contributed by atoms with E-state index in [1.807, 2.05) is 6.92 Å². The highest BCUT2D eigenvalue weighted by molar-refractivity contribution is 6.05. The Morgan fingerprint density at radius 1 is 1.15 bits per heavy atom. The van der Waals surface area contributed by atoms with Crippen LogP contribution in [-0.2, 0) is 10.9 Å². The molecule has 40 heavy (non-hydrogen) atoms. The zero-order valence-electron chi connectivity index (χ0n) is 21.9. The lowest BCUT2D eigenvalue weighted by atomic mass is 10.1. The average Bonchev–Trinajstić information content (AvgIpc) is 3.45. The highest BCUT2D eigenvalue weighted by Gasteiger charge is 2.34. The highest BCUT2D eigenvalue weighted by atomic mass is 19.4. The van der Waals surface area contributed by atoms with E-state index in [0.29, 0.717) is 41.7 Å². The SMILES string of the molecule is COc1ccc(NC(=O)c2ccc(C)c(N(C)c3ncnc4cnc(NC5CCOC5)nc34)c2)cc1C(F)(F)F. The standard InChI is InChI=1S/C27H26F3N7O3/c1-15-4-5-16(25(38)34-17-6-7-22(39-3)19(11-17)27(28,29)30)10-21(15)37(2)24-23-20(32-14-33-24)12-31-26(36-23)35-18-8-9-40-13-18/h4-7,10-12,14,18H,8-9,13H2,1-3H3,(H,34,38)(H,31,35,36). The van der Waals surface area contributed by atoms with Gasteiger partial charge in [0.2, 0.25) is 5.95 Å². The molecular formula is C27H26F3N7O3. The van der Waals surface area contributed by atoms with Crippen LogP contribution in [0.25, 0.3) is 11.0 Å². The summed E-state index contributed by atoms with van der Waals surface area (Å²) in [5.74, 6) is 0.00687. The van der Waals surface area contributed by atoms with Crippen LogP contribution in [0.1, 0.15) is 27.9 Å². The Morgan fingerprint density at radius 3 is 2.70 bits per heavy atom. The summed E-state index contributed by atoms with van der Waals surface area (Å²) in [4.78, 5) is 32.6. The van der Waals surface area contributed by atoms with Crippen LogP contribution in [0.3, 0.4) is 0 Å². The van der Waals surface area contributed by atoms with E-state index in [0.717, 1.165) is 31.2 Å².